The minimum absolute atomic E-state index is 0.0353. The average Bonchev–Trinajstić information content (AvgIpc) is 2.67. The number of aromatic nitrogens is 2. The first kappa shape index (κ1) is 18.4. The Labute approximate surface area is 159 Å². The monoisotopic (exact) mass is 377 g/mol. The van der Waals surface area contributed by atoms with Gasteiger partial charge in [-0.15, -0.1) is 0 Å². The summed E-state index contributed by atoms with van der Waals surface area (Å²) in [5.41, 5.74) is 2.87. The zero-order chi connectivity index (χ0) is 19.4. The fraction of sp³-hybridized carbons (Fsp3) is 0.100. The summed E-state index contributed by atoms with van der Waals surface area (Å²) in [4.78, 5) is 30.1. The van der Waals surface area contributed by atoms with Crippen LogP contribution in [0.3, 0.4) is 0 Å². The van der Waals surface area contributed by atoms with Crippen LogP contribution < -0.4 is 5.56 Å². The van der Waals surface area contributed by atoms with E-state index < -0.39 is 11.5 Å². The standard InChI is InChI=1S/C20H15N3O3S/c1-27-20-22-18(16(11-21)19(26)23-20)13-8-6-12(7-9-13)15-5-3-2-4-14(15)10-17(24)25/h2-9H,10H2,1H3,(H,24,25)(H,22,23,26). The number of nitrogens with zero attached hydrogens (tertiary/aromatic N) is 2. The van der Waals surface area contributed by atoms with Crippen LogP contribution in [0.25, 0.3) is 22.4 Å². The highest BCUT2D eigenvalue weighted by Crippen LogP contribution is 2.28. The maximum absolute atomic E-state index is 12.1. The molecule has 0 radical (unpaired) electrons. The van der Waals surface area contributed by atoms with Gasteiger partial charge < -0.3 is 10.1 Å². The summed E-state index contributed by atoms with van der Waals surface area (Å²) in [5.74, 6) is -0.893. The van der Waals surface area contributed by atoms with Gasteiger partial charge in [-0.2, -0.15) is 5.26 Å². The average molecular weight is 377 g/mol. The summed E-state index contributed by atoms with van der Waals surface area (Å²) in [6.07, 6.45) is 1.72. The Morgan fingerprint density at radius 1 is 1.19 bits per heavy atom. The maximum atomic E-state index is 12.1. The SMILES string of the molecule is CSc1nc(-c2ccc(-c3ccccc3CC(=O)O)cc2)c(C#N)c(=O)[nH]1. The van der Waals surface area contributed by atoms with Gasteiger partial charge in [-0.1, -0.05) is 60.3 Å². The van der Waals surface area contributed by atoms with Crippen LogP contribution in [-0.2, 0) is 11.2 Å². The molecule has 2 N–H and O–H groups in total. The molecule has 0 atom stereocenters. The van der Waals surface area contributed by atoms with Gasteiger partial charge in [0.15, 0.2) is 5.16 Å². The zero-order valence-electron chi connectivity index (χ0n) is 14.4. The van der Waals surface area contributed by atoms with Crippen molar-refractivity contribution < 1.29 is 9.90 Å². The molecule has 0 fully saturated rings. The number of benzene rings is 2. The van der Waals surface area contributed by atoms with E-state index in [1.54, 1.807) is 30.5 Å². The highest BCUT2D eigenvalue weighted by atomic mass is 32.2. The van der Waals surface area contributed by atoms with Gasteiger partial charge in [0.2, 0.25) is 0 Å². The first-order chi connectivity index (χ1) is 13.0. The Balaban J connectivity index is 2.06. The van der Waals surface area contributed by atoms with E-state index in [9.17, 15) is 14.9 Å². The van der Waals surface area contributed by atoms with Gasteiger partial charge in [0, 0.05) is 5.56 Å². The molecule has 0 spiro atoms. The lowest BCUT2D eigenvalue weighted by Gasteiger charge is -2.10. The van der Waals surface area contributed by atoms with E-state index in [1.165, 1.54) is 11.8 Å². The molecule has 0 aliphatic carbocycles. The lowest BCUT2D eigenvalue weighted by molar-refractivity contribution is -0.136. The second-order valence-corrected chi connectivity index (χ2v) is 6.51. The molecule has 1 heterocycles. The first-order valence-corrected chi connectivity index (χ1v) is 9.25. The number of aliphatic carboxylic acids is 1. The van der Waals surface area contributed by atoms with Crippen LogP contribution in [0.5, 0.6) is 0 Å². The lowest BCUT2D eigenvalue weighted by atomic mass is 9.96. The number of carboxylic acids is 1. The number of nitrogens with one attached hydrogen (secondary N) is 1. The number of H-pyrrole nitrogens is 1. The van der Waals surface area contributed by atoms with Gasteiger partial charge in [0.25, 0.3) is 5.56 Å². The zero-order valence-corrected chi connectivity index (χ0v) is 15.2. The smallest absolute Gasteiger partial charge is 0.307 e. The molecule has 2 aromatic carbocycles. The Kier molecular flexibility index (Phi) is 5.38. The van der Waals surface area contributed by atoms with E-state index in [2.05, 4.69) is 9.97 Å². The predicted molar refractivity (Wildman–Crippen MR) is 104 cm³/mol. The van der Waals surface area contributed by atoms with Crippen LogP contribution in [0, 0.1) is 11.3 Å². The van der Waals surface area contributed by atoms with Crippen molar-refractivity contribution in [2.75, 3.05) is 6.26 Å². The highest BCUT2D eigenvalue weighted by molar-refractivity contribution is 7.98. The number of rotatable bonds is 5. The molecule has 134 valence electrons. The van der Waals surface area contributed by atoms with Gasteiger partial charge >= 0.3 is 5.97 Å². The number of carbonyl (C=O) groups is 1. The first-order valence-electron chi connectivity index (χ1n) is 8.02. The van der Waals surface area contributed by atoms with Crippen LogP contribution in [0.15, 0.2) is 58.5 Å². The summed E-state index contributed by atoms with van der Waals surface area (Å²) in [7, 11) is 0. The number of thioether (sulfide) groups is 1. The minimum Gasteiger partial charge on any atom is -0.481 e. The van der Waals surface area contributed by atoms with Crippen LogP contribution in [0.4, 0.5) is 0 Å². The van der Waals surface area contributed by atoms with Gasteiger partial charge in [-0.3, -0.25) is 9.59 Å². The summed E-state index contributed by atoms with van der Waals surface area (Å²) >= 11 is 1.29. The van der Waals surface area contributed by atoms with Crippen molar-refractivity contribution in [3.8, 4) is 28.5 Å². The van der Waals surface area contributed by atoms with Gasteiger partial charge in [-0.25, -0.2) is 4.98 Å². The van der Waals surface area contributed by atoms with E-state index in [0.717, 1.165) is 16.7 Å². The molecule has 0 saturated carbocycles. The summed E-state index contributed by atoms with van der Waals surface area (Å²) in [6, 6.07) is 16.4. The molecule has 0 unspecified atom stereocenters. The van der Waals surface area contributed by atoms with Crippen molar-refractivity contribution >= 4 is 17.7 Å². The van der Waals surface area contributed by atoms with Crippen LogP contribution in [0.2, 0.25) is 0 Å². The lowest BCUT2D eigenvalue weighted by Crippen LogP contribution is -2.14. The molecule has 27 heavy (non-hydrogen) atoms. The van der Waals surface area contributed by atoms with Crippen molar-refractivity contribution in [2.45, 2.75) is 11.6 Å². The summed E-state index contributed by atoms with van der Waals surface area (Å²) in [6.45, 7) is 0. The Morgan fingerprint density at radius 2 is 1.85 bits per heavy atom. The quantitative estimate of drug-likeness (QED) is 0.522. The number of hydrogen-bond acceptors (Lipinski definition) is 5. The molecule has 0 bridgehead atoms. The van der Waals surface area contributed by atoms with Crippen molar-refractivity contribution in [3.05, 3.63) is 70.0 Å². The topological polar surface area (TPSA) is 107 Å². The largest absolute Gasteiger partial charge is 0.481 e. The summed E-state index contributed by atoms with van der Waals surface area (Å²) in [5, 5.41) is 18.8. The second kappa shape index (κ2) is 7.89. The van der Waals surface area contributed by atoms with Crippen molar-refractivity contribution in [1.29, 1.82) is 5.26 Å². The van der Waals surface area contributed by atoms with Crippen molar-refractivity contribution in [1.82, 2.24) is 9.97 Å². The maximum Gasteiger partial charge on any atom is 0.307 e. The Morgan fingerprint density at radius 3 is 2.48 bits per heavy atom. The van der Waals surface area contributed by atoms with E-state index in [0.29, 0.717) is 16.4 Å². The van der Waals surface area contributed by atoms with Crippen LogP contribution >= 0.6 is 11.8 Å². The number of nitriles is 1. The van der Waals surface area contributed by atoms with Crippen molar-refractivity contribution in [2.24, 2.45) is 0 Å². The Bertz CT molecular complexity index is 1100. The van der Waals surface area contributed by atoms with E-state index in [4.69, 9.17) is 5.11 Å². The van der Waals surface area contributed by atoms with Crippen LogP contribution in [-0.4, -0.2) is 27.3 Å². The molecule has 1 aromatic heterocycles. The molecule has 3 rings (SSSR count). The number of aromatic amines is 1. The molecular weight excluding hydrogens is 362 g/mol. The van der Waals surface area contributed by atoms with E-state index in [-0.39, 0.29) is 12.0 Å². The molecule has 6 nitrogen and oxygen atoms in total. The van der Waals surface area contributed by atoms with Crippen molar-refractivity contribution in [3.63, 3.8) is 0 Å². The minimum atomic E-state index is -0.893. The molecule has 0 aliphatic rings. The van der Waals surface area contributed by atoms with Crippen LogP contribution in [0.1, 0.15) is 11.1 Å². The third kappa shape index (κ3) is 3.91. The fourth-order valence-corrected chi connectivity index (χ4v) is 3.17. The van der Waals surface area contributed by atoms with Gasteiger partial charge in [0.1, 0.15) is 11.6 Å². The predicted octanol–water partition coefficient (Wildman–Crippen LogP) is 3.32. The molecule has 0 saturated heterocycles. The Hall–Kier alpha value is -3.37. The summed E-state index contributed by atoms with van der Waals surface area (Å²) < 4.78 is 0. The van der Waals surface area contributed by atoms with Gasteiger partial charge in [0.05, 0.1) is 12.1 Å². The highest BCUT2D eigenvalue weighted by Gasteiger charge is 2.14. The normalized spacial score (nSPS) is 10.4. The number of carboxylic acid groups (broad SMARTS) is 1. The third-order valence-corrected chi connectivity index (χ3v) is 4.61. The van der Waals surface area contributed by atoms with Gasteiger partial charge in [-0.05, 0) is 22.9 Å². The molecule has 0 amide bonds. The molecule has 0 aliphatic heterocycles. The molecule has 3 aromatic rings. The second-order valence-electron chi connectivity index (χ2n) is 5.72. The van der Waals surface area contributed by atoms with E-state index >= 15 is 0 Å². The number of hydrogen-bond donors (Lipinski definition) is 2. The fourth-order valence-electron chi connectivity index (χ4n) is 2.79. The molecular formula is C20H15N3O3S. The third-order valence-electron chi connectivity index (χ3n) is 4.03. The molecule has 7 heteroatoms. The van der Waals surface area contributed by atoms with E-state index in [1.807, 2.05) is 30.3 Å².